The van der Waals surface area contributed by atoms with Crippen LogP contribution in [-0.4, -0.2) is 29.0 Å². The fraction of sp³-hybridized carbons (Fsp3) is 0.812. The maximum Gasteiger partial charge on any atom is 0.107 e. The second-order valence-electron chi connectivity index (χ2n) is 6.29. The molecule has 1 saturated heterocycles. The number of aromatic nitrogens is 1. The number of rotatable bonds is 6. The Kier molecular flexibility index (Phi) is 4.74. The van der Waals surface area contributed by atoms with E-state index in [4.69, 9.17) is 4.98 Å². The van der Waals surface area contributed by atoms with Crippen molar-refractivity contribution in [1.82, 2.24) is 15.2 Å². The number of nitrogens with one attached hydrogen (secondary N) is 1. The third-order valence-electron chi connectivity index (χ3n) is 4.55. The normalized spacial score (nSPS) is 24.2. The van der Waals surface area contributed by atoms with Crippen LogP contribution < -0.4 is 5.32 Å². The molecule has 1 aliphatic heterocycles. The van der Waals surface area contributed by atoms with E-state index in [1.807, 2.05) is 11.3 Å². The average molecular weight is 293 g/mol. The summed E-state index contributed by atoms with van der Waals surface area (Å²) in [6.45, 7) is 8.91. The van der Waals surface area contributed by atoms with Crippen molar-refractivity contribution in [3.8, 4) is 0 Å². The molecular weight excluding hydrogens is 266 g/mol. The number of hydrogen-bond acceptors (Lipinski definition) is 4. The minimum atomic E-state index is 0.731. The van der Waals surface area contributed by atoms with Gasteiger partial charge in [0.1, 0.15) is 5.01 Å². The first-order valence-electron chi connectivity index (χ1n) is 8.21. The lowest BCUT2D eigenvalue weighted by Gasteiger charge is -2.32. The predicted molar refractivity (Wildman–Crippen MR) is 85.2 cm³/mol. The van der Waals surface area contributed by atoms with E-state index >= 15 is 0 Å². The summed E-state index contributed by atoms with van der Waals surface area (Å²) in [7, 11) is 0. The summed E-state index contributed by atoms with van der Waals surface area (Å²) >= 11 is 1.95. The monoisotopic (exact) mass is 293 g/mol. The molecule has 2 heterocycles. The van der Waals surface area contributed by atoms with Crippen molar-refractivity contribution in [3.05, 3.63) is 15.6 Å². The third-order valence-corrected chi connectivity index (χ3v) is 5.61. The molecular formula is C16H27N3S. The van der Waals surface area contributed by atoms with Crippen LogP contribution in [0.15, 0.2) is 0 Å². The fourth-order valence-corrected chi connectivity index (χ4v) is 4.24. The Labute approximate surface area is 126 Å². The molecule has 112 valence electrons. The smallest absolute Gasteiger partial charge is 0.107 e. The first-order chi connectivity index (χ1) is 9.78. The number of piperidine rings is 1. The van der Waals surface area contributed by atoms with Gasteiger partial charge in [-0.05, 0) is 45.7 Å². The number of thiazole rings is 1. The van der Waals surface area contributed by atoms with Crippen LogP contribution >= 0.6 is 11.3 Å². The second-order valence-corrected chi connectivity index (χ2v) is 7.45. The summed E-state index contributed by atoms with van der Waals surface area (Å²) in [4.78, 5) is 9.11. The highest BCUT2D eigenvalue weighted by Gasteiger charge is 2.30. The van der Waals surface area contributed by atoms with Crippen LogP contribution in [0, 0.1) is 0 Å². The van der Waals surface area contributed by atoms with Gasteiger partial charge in [-0.2, -0.15) is 0 Å². The van der Waals surface area contributed by atoms with Crippen molar-refractivity contribution in [3.63, 3.8) is 0 Å². The molecule has 0 spiro atoms. The highest BCUT2D eigenvalue weighted by Crippen LogP contribution is 2.42. The quantitative estimate of drug-likeness (QED) is 0.870. The van der Waals surface area contributed by atoms with E-state index in [9.17, 15) is 0 Å². The van der Waals surface area contributed by atoms with Gasteiger partial charge in [0.2, 0.25) is 0 Å². The molecule has 1 aliphatic carbocycles. The lowest BCUT2D eigenvalue weighted by molar-refractivity contribution is 0.152. The standard InChI is InChI=1S/C16H27N3S/c1-3-17-10-14-16(13-7-8-13)18-15(20-14)11-19-9-5-4-6-12(19)2/h12-13,17H,3-11H2,1-2H3. The maximum atomic E-state index is 4.99. The molecule has 2 aliphatic rings. The van der Waals surface area contributed by atoms with Crippen molar-refractivity contribution in [2.24, 2.45) is 0 Å². The molecule has 1 unspecified atom stereocenters. The molecule has 1 saturated carbocycles. The Morgan fingerprint density at radius 3 is 2.85 bits per heavy atom. The summed E-state index contributed by atoms with van der Waals surface area (Å²) in [5.74, 6) is 0.771. The van der Waals surface area contributed by atoms with Crippen LogP contribution in [-0.2, 0) is 13.1 Å². The first kappa shape index (κ1) is 14.5. The lowest BCUT2D eigenvalue weighted by Crippen LogP contribution is -2.36. The van der Waals surface area contributed by atoms with Crippen molar-refractivity contribution < 1.29 is 0 Å². The van der Waals surface area contributed by atoms with Gasteiger partial charge in [0.25, 0.3) is 0 Å². The number of hydrogen-bond donors (Lipinski definition) is 1. The third kappa shape index (κ3) is 3.41. The SMILES string of the molecule is CCNCc1sc(CN2CCCCC2C)nc1C1CC1. The van der Waals surface area contributed by atoms with Gasteiger partial charge in [-0.25, -0.2) is 4.98 Å². The van der Waals surface area contributed by atoms with Crippen molar-refractivity contribution in [1.29, 1.82) is 0 Å². The second kappa shape index (κ2) is 6.54. The summed E-state index contributed by atoms with van der Waals surface area (Å²) in [6, 6.07) is 0.731. The van der Waals surface area contributed by atoms with Crippen LogP contribution in [0.2, 0.25) is 0 Å². The van der Waals surface area contributed by atoms with E-state index in [1.54, 1.807) is 0 Å². The topological polar surface area (TPSA) is 28.2 Å². The minimum Gasteiger partial charge on any atom is -0.312 e. The Morgan fingerprint density at radius 1 is 1.30 bits per heavy atom. The summed E-state index contributed by atoms with van der Waals surface area (Å²) in [5, 5.41) is 4.81. The molecule has 20 heavy (non-hydrogen) atoms. The molecule has 3 rings (SSSR count). The molecule has 1 aromatic heterocycles. The summed E-state index contributed by atoms with van der Waals surface area (Å²) in [6.07, 6.45) is 6.81. The van der Waals surface area contributed by atoms with Gasteiger partial charge in [0, 0.05) is 23.4 Å². The molecule has 1 atom stereocenters. The maximum absolute atomic E-state index is 4.99. The van der Waals surface area contributed by atoms with E-state index in [0.29, 0.717) is 0 Å². The van der Waals surface area contributed by atoms with Crippen LogP contribution in [0.5, 0.6) is 0 Å². The highest BCUT2D eigenvalue weighted by atomic mass is 32.1. The first-order valence-corrected chi connectivity index (χ1v) is 9.02. The van der Waals surface area contributed by atoms with Crippen LogP contribution in [0.4, 0.5) is 0 Å². The molecule has 2 fully saturated rings. The molecule has 0 bridgehead atoms. The molecule has 1 N–H and O–H groups in total. The largest absolute Gasteiger partial charge is 0.312 e. The molecule has 0 aromatic carbocycles. The van der Waals surface area contributed by atoms with Crippen molar-refractivity contribution >= 4 is 11.3 Å². The highest BCUT2D eigenvalue weighted by molar-refractivity contribution is 7.11. The molecule has 4 heteroatoms. The van der Waals surface area contributed by atoms with Crippen LogP contribution in [0.1, 0.15) is 67.4 Å². The van der Waals surface area contributed by atoms with Gasteiger partial charge in [-0.15, -0.1) is 11.3 Å². The molecule has 0 radical (unpaired) electrons. The number of nitrogens with zero attached hydrogens (tertiary/aromatic N) is 2. The van der Waals surface area contributed by atoms with Crippen LogP contribution in [0.25, 0.3) is 0 Å². The van der Waals surface area contributed by atoms with Gasteiger partial charge in [0.05, 0.1) is 12.2 Å². The Morgan fingerprint density at radius 2 is 2.15 bits per heavy atom. The fourth-order valence-electron chi connectivity index (χ4n) is 3.09. The van der Waals surface area contributed by atoms with Crippen LogP contribution in [0.3, 0.4) is 0 Å². The summed E-state index contributed by atoms with van der Waals surface area (Å²) < 4.78 is 0. The summed E-state index contributed by atoms with van der Waals surface area (Å²) in [5.41, 5.74) is 1.41. The van der Waals surface area contributed by atoms with Gasteiger partial charge >= 0.3 is 0 Å². The van der Waals surface area contributed by atoms with Gasteiger partial charge in [-0.3, -0.25) is 4.90 Å². The van der Waals surface area contributed by atoms with Gasteiger partial charge < -0.3 is 5.32 Å². The molecule has 3 nitrogen and oxygen atoms in total. The Bertz CT molecular complexity index is 439. The lowest BCUT2D eigenvalue weighted by atomic mass is 10.0. The zero-order valence-electron chi connectivity index (χ0n) is 12.8. The Hall–Kier alpha value is -0.450. The molecule has 0 amide bonds. The van der Waals surface area contributed by atoms with E-state index < -0.39 is 0 Å². The van der Waals surface area contributed by atoms with Crippen molar-refractivity contribution in [2.45, 2.75) is 71.0 Å². The number of likely N-dealkylation sites (tertiary alicyclic amines) is 1. The van der Waals surface area contributed by atoms with Gasteiger partial charge in [-0.1, -0.05) is 13.3 Å². The van der Waals surface area contributed by atoms with E-state index in [1.165, 1.54) is 54.2 Å². The molecule has 1 aromatic rings. The van der Waals surface area contributed by atoms with E-state index in [-0.39, 0.29) is 0 Å². The van der Waals surface area contributed by atoms with Gasteiger partial charge in [0.15, 0.2) is 0 Å². The predicted octanol–water partition coefficient (Wildman–Crippen LogP) is 3.50. The van der Waals surface area contributed by atoms with Crippen molar-refractivity contribution in [2.75, 3.05) is 13.1 Å². The zero-order chi connectivity index (χ0) is 13.9. The van der Waals surface area contributed by atoms with E-state index in [2.05, 4.69) is 24.1 Å². The Balaban J connectivity index is 1.69. The minimum absolute atomic E-state index is 0.731. The van der Waals surface area contributed by atoms with E-state index in [0.717, 1.165) is 31.6 Å². The zero-order valence-corrected chi connectivity index (χ0v) is 13.6. The average Bonchev–Trinajstić information content (AvgIpc) is 3.21.